The second kappa shape index (κ2) is 5.47. The van der Waals surface area contributed by atoms with Crippen LogP contribution in [-0.4, -0.2) is 29.8 Å². The number of fused-ring (bicyclic) bond motifs is 1. The van der Waals surface area contributed by atoms with Crippen molar-refractivity contribution in [3.05, 3.63) is 46.8 Å². The zero-order valence-electron chi connectivity index (χ0n) is 12.8. The molecule has 0 unspecified atom stereocenters. The summed E-state index contributed by atoms with van der Waals surface area (Å²) in [5.41, 5.74) is 7.52. The zero-order chi connectivity index (χ0) is 16.8. The van der Waals surface area contributed by atoms with Gasteiger partial charge in [0.1, 0.15) is 16.6 Å². The number of carbonyl (C=O) groups excluding carboxylic acids is 1. The maximum absolute atomic E-state index is 13.0. The van der Waals surface area contributed by atoms with Crippen molar-refractivity contribution < 1.29 is 17.7 Å². The zero-order valence-corrected chi connectivity index (χ0v) is 13.6. The predicted molar refractivity (Wildman–Crippen MR) is 81.8 cm³/mol. The number of nitrogens with two attached hydrogens (primary N) is 1. The monoisotopic (exact) mass is 335 g/mol. The van der Waals surface area contributed by atoms with E-state index in [1.807, 2.05) is 24.3 Å². The summed E-state index contributed by atoms with van der Waals surface area (Å²) in [4.78, 5) is 11.8. The number of benzene rings is 1. The van der Waals surface area contributed by atoms with E-state index in [1.54, 1.807) is 6.92 Å². The standard InChI is InChI=1S/C15H17N3O4S/c1-9-14(10(2)22-17-9)23(20,21)18-8-12-6-4-3-5-11(12)7-13(18)15(16)19/h3-6,13H,7-8H2,1-2H3,(H2,16,19)/t13-/m0/s1. The van der Waals surface area contributed by atoms with Gasteiger partial charge >= 0.3 is 0 Å². The number of primary amides is 1. The molecule has 0 fully saturated rings. The molecule has 7 nitrogen and oxygen atoms in total. The molecule has 2 heterocycles. The summed E-state index contributed by atoms with van der Waals surface area (Å²) >= 11 is 0. The van der Waals surface area contributed by atoms with Crippen LogP contribution in [-0.2, 0) is 27.8 Å². The second-order valence-corrected chi connectivity index (χ2v) is 7.42. The minimum atomic E-state index is -3.94. The summed E-state index contributed by atoms with van der Waals surface area (Å²) in [7, 11) is -3.94. The van der Waals surface area contributed by atoms with Gasteiger partial charge in [0.2, 0.25) is 15.9 Å². The van der Waals surface area contributed by atoms with E-state index >= 15 is 0 Å². The number of nitrogens with zero attached hydrogens (tertiary/aromatic N) is 2. The van der Waals surface area contributed by atoms with Crippen molar-refractivity contribution in [1.82, 2.24) is 9.46 Å². The minimum Gasteiger partial charge on any atom is -0.368 e. The smallest absolute Gasteiger partial charge is 0.249 e. The van der Waals surface area contributed by atoms with Crippen LogP contribution >= 0.6 is 0 Å². The molecule has 0 saturated heterocycles. The highest BCUT2D eigenvalue weighted by Crippen LogP contribution is 2.31. The van der Waals surface area contributed by atoms with Crippen LogP contribution in [0, 0.1) is 13.8 Å². The van der Waals surface area contributed by atoms with Gasteiger partial charge in [-0.05, 0) is 31.4 Å². The average Bonchev–Trinajstić information content (AvgIpc) is 2.85. The fourth-order valence-electron chi connectivity index (χ4n) is 2.95. The van der Waals surface area contributed by atoms with Crippen molar-refractivity contribution >= 4 is 15.9 Å². The molecule has 1 aromatic carbocycles. The molecule has 3 rings (SSSR count). The predicted octanol–water partition coefficient (Wildman–Crippen LogP) is 0.892. The molecule has 1 amide bonds. The number of carbonyl (C=O) groups is 1. The Balaban J connectivity index is 2.12. The van der Waals surface area contributed by atoms with Crippen LogP contribution in [0.2, 0.25) is 0 Å². The van der Waals surface area contributed by atoms with Crippen molar-refractivity contribution in [2.75, 3.05) is 0 Å². The lowest BCUT2D eigenvalue weighted by Crippen LogP contribution is -2.51. The van der Waals surface area contributed by atoms with E-state index in [4.69, 9.17) is 10.3 Å². The van der Waals surface area contributed by atoms with E-state index in [9.17, 15) is 13.2 Å². The largest absolute Gasteiger partial charge is 0.368 e. The van der Waals surface area contributed by atoms with E-state index in [1.165, 1.54) is 6.92 Å². The van der Waals surface area contributed by atoms with E-state index < -0.39 is 22.0 Å². The molecule has 0 radical (unpaired) electrons. The molecule has 0 spiro atoms. The molecule has 0 bridgehead atoms. The molecule has 1 aliphatic rings. The van der Waals surface area contributed by atoms with Crippen LogP contribution in [0.25, 0.3) is 0 Å². The maximum atomic E-state index is 13.0. The van der Waals surface area contributed by atoms with E-state index in [0.29, 0.717) is 0 Å². The Morgan fingerprint density at radius 2 is 1.96 bits per heavy atom. The molecule has 2 aromatic rings. The van der Waals surface area contributed by atoms with E-state index in [2.05, 4.69) is 5.16 Å². The summed E-state index contributed by atoms with van der Waals surface area (Å²) in [5.74, 6) is -0.473. The normalized spacial score (nSPS) is 18.6. The topological polar surface area (TPSA) is 106 Å². The molecule has 122 valence electrons. The highest BCUT2D eigenvalue weighted by molar-refractivity contribution is 7.89. The average molecular weight is 335 g/mol. The van der Waals surface area contributed by atoms with Crippen molar-refractivity contribution in [3.8, 4) is 0 Å². The fourth-order valence-corrected chi connectivity index (χ4v) is 4.82. The van der Waals surface area contributed by atoms with Crippen LogP contribution < -0.4 is 5.73 Å². The van der Waals surface area contributed by atoms with Crippen molar-refractivity contribution in [3.63, 3.8) is 0 Å². The maximum Gasteiger partial charge on any atom is 0.249 e. The molecular formula is C15H17N3O4S. The first-order valence-electron chi connectivity index (χ1n) is 7.13. The third kappa shape index (κ3) is 2.53. The number of sulfonamides is 1. The van der Waals surface area contributed by atoms with Gasteiger partial charge in [0.25, 0.3) is 0 Å². The molecule has 2 N–H and O–H groups in total. The lowest BCUT2D eigenvalue weighted by molar-refractivity contribution is -0.122. The molecule has 23 heavy (non-hydrogen) atoms. The van der Waals surface area contributed by atoms with Gasteiger partial charge in [-0.2, -0.15) is 4.31 Å². The summed E-state index contributed by atoms with van der Waals surface area (Å²) in [6.45, 7) is 3.18. The molecule has 8 heteroatoms. The second-order valence-electron chi connectivity index (χ2n) is 5.59. The molecule has 1 atom stereocenters. The van der Waals surface area contributed by atoms with E-state index in [-0.39, 0.29) is 29.3 Å². The Hall–Kier alpha value is -2.19. The molecule has 0 aliphatic carbocycles. The number of aryl methyl sites for hydroxylation is 2. The van der Waals surface area contributed by atoms with Crippen LogP contribution in [0.1, 0.15) is 22.6 Å². The molecular weight excluding hydrogens is 318 g/mol. The van der Waals surface area contributed by atoms with Crippen LogP contribution in [0.3, 0.4) is 0 Å². The molecule has 0 saturated carbocycles. The number of hydrogen-bond acceptors (Lipinski definition) is 5. The van der Waals surface area contributed by atoms with Crippen LogP contribution in [0.5, 0.6) is 0 Å². The first-order valence-corrected chi connectivity index (χ1v) is 8.57. The molecule has 1 aromatic heterocycles. The Kier molecular flexibility index (Phi) is 3.73. The third-order valence-corrected chi connectivity index (χ3v) is 6.17. The first-order chi connectivity index (χ1) is 10.8. The van der Waals surface area contributed by atoms with Gasteiger partial charge in [-0.15, -0.1) is 0 Å². The number of hydrogen-bond donors (Lipinski definition) is 1. The Labute approximate surface area is 134 Å². The third-order valence-electron chi connectivity index (χ3n) is 4.07. The quantitative estimate of drug-likeness (QED) is 0.896. The van der Waals surface area contributed by atoms with Crippen LogP contribution in [0.4, 0.5) is 0 Å². The minimum absolute atomic E-state index is 0.00290. The highest BCUT2D eigenvalue weighted by atomic mass is 32.2. The number of aromatic nitrogens is 1. The Morgan fingerprint density at radius 3 is 2.52 bits per heavy atom. The summed E-state index contributed by atoms with van der Waals surface area (Å²) in [5, 5.41) is 3.69. The lowest BCUT2D eigenvalue weighted by atomic mass is 9.96. The van der Waals surface area contributed by atoms with Gasteiger partial charge in [-0.25, -0.2) is 8.42 Å². The summed E-state index contributed by atoms with van der Waals surface area (Å²) < 4.78 is 32.2. The summed E-state index contributed by atoms with van der Waals surface area (Å²) in [6, 6.07) is 6.50. The van der Waals surface area contributed by atoms with Gasteiger partial charge in [0.05, 0.1) is 0 Å². The van der Waals surface area contributed by atoms with Gasteiger partial charge in [-0.3, -0.25) is 4.79 Å². The SMILES string of the molecule is Cc1noc(C)c1S(=O)(=O)N1Cc2ccccc2C[C@H]1C(N)=O. The van der Waals surface area contributed by atoms with Gasteiger partial charge in [0.15, 0.2) is 5.76 Å². The van der Waals surface area contributed by atoms with Gasteiger partial charge in [0, 0.05) is 6.54 Å². The Morgan fingerprint density at radius 1 is 1.30 bits per heavy atom. The number of rotatable bonds is 3. The van der Waals surface area contributed by atoms with Gasteiger partial charge in [-0.1, -0.05) is 29.4 Å². The van der Waals surface area contributed by atoms with E-state index in [0.717, 1.165) is 15.4 Å². The van der Waals surface area contributed by atoms with Crippen LogP contribution in [0.15, 0.2) is 33.7 Å². The lowest BCUT2D eigenvalue weighted by Gasteiger charge is -2.33. The highest BCUT2D eigenvalue weighted by Gasteiger charge is 2.41. The fraction of sp³-hybridized carbons (Fsp3) is 0.333. The van der Waals surface area contributed by atoms with Crippen molar-refractivity contribution in [2.45, 2.75) is 37.8 Å². The van der Waals surface area contributed by atoms with Crippen molar-refractivity contribution in [1.29, 1.82) is 0 Å². The molecule has 1 aliphatic heterocycles. The Bertz CT molecular complexity index is 853. The first kappa shape index (κ1) is 15.7. The summed E-state index contributed by atoms with van der Waals surface area (Å²) in [6.07, 6.45) is 0.258. The van der Waals surface area contributed by atoms with Crippen molar-refractivity contribution in [2.24, 2.45) is 5.73 Å². The van der Waals surface area contributed by atoms with Gasteiger partial charge < -0.3 is 10.3 Å². The number of amides is 1.